The van der Waals surface area contributed by atoms with Crippen LogP contribution in [0.15, 0.2) is 29.2 Å². The van der Waals surface area contributed by atoms with E-state index in [4.69, 9.17) is 10.8 Å². The normalized spacial score (nSPS) is 12.6. The van der Waals surface area contributed by atoms with Crippen molar-refractivity contribution in [1.82, 2.24) is 0 Å². The first-order valence-corrected chi connectivity index (χ1v) is 7.88. The first kappa shape index (κ1) is 15.3. The van der Waals surface area contributed by atoms with Gasteiger partial charge in [0, 0.05) is 17.3 Å². The fourth-order valence-corrected chi connectivity index (χ4v) is 3.00. The van der Waals surface area contributed by atoms with Crippen molar-refractivity contribution in [3.05, 3.63) is 29.8 Å². The molecule has 18 heavy (non-hydrogen) atoms. The van der Waals surface area contributed by atoms with Crippen molar-refractivity contribution in [3.63, 3.8) is 0 Å². The Balaban J connectivity index is 2.46. The smallest absolute Gasteiger partial charge is 0.0529 e. The van der Waals surface area contributed by atoms with Crippen LogP contribution in [-0.2, 0) is 17.2 Å². The van der Waals surface area contributed by atoms with Gasteiger partial charge in [0.25, 0.3) is 0 Å². The summed E-state index contributed by atoms with van der Waals surface area (Å²) in [5.74, 6) is 0.681. The Kier molecular flexibility index (Phi) is 7.89. The van der Waals surface area contributed by atoms with E-state index in [1.165, 1.54) is 5.56 Å². The second kappa shape index (κ2) is 9.25. The fraction of sp³-hybridized carbons (Fsp3) is 0.571. The van der Waals surface area contributed by atoms with Crippen LogP contribution >= 0.6 is 0 Å². The zero-order valence-electron chi connectivity index (χ0n) is 10.8. The van der Waals surface area contributed by atoms with Gasteiger partial charge in [-0.15, -0.1) is 0 Å². The predicted octanol–water partition coefficient (Wildman–Crippen LogP) is 1.85. The highest BCUT2D eigenvalue weighted by Crippen LogP contribution is 2.13. The van der Waals surface area contributed by atoms with Gasteiger partial charge in [-0.25, -0.2) is 0 Å². The monoisotopic (exact) mass is 269 g/mol. The summed E-state index contributed by atoms with van der Waals surface area (Å²) < 4.78 is 12.1. The third-order valence-corrected chi connectivity index (χ3v) is 4.26. The minimum atomic E-state index is -0.916. The van der Waals surface area contributed by atoms with E-state index in [2.05, 4.69) is 6.07 Å². The van der Waals surface area contributed by atoms with Gasteiger partial charge in [0.05, 0.1) is 10.8 Å². The largest absolute Gasteiger partial charge is 0.396 e. The summed E-state index contributed by atoms with van der Waals surface area (Å²) in [7, 11) is -0.916. The maximum atomic E-state index is 12.1. The average molecular weight is 269 g/mol. The highest BCUT2D eigenvalue weighted by molar-refractivity contribution is 7.85. The minimum absolute atomic E-state index is 0.223. The molecule has 0 aliphatic rings. The number of rotatable bonds is 9. The Morgan fingerprint density at radius 3 is 2.72 bits per heavy atom. The summed E-state index contributed by atoms with van der Waals surface area (Å²) in [6.07, 6.45) is 4.56. The molecule has 0 saturated carbocycles. The number of aliphatic hydroxyl groups excluding tert-OH is 1. The van der Waals surface area contributed by atoms with Gasteiger partial charge in [0.15, 0.2) is 0 Å². The number of hydrogen-bond donors (Lipinski definition) is 2. The van der Waals surface area contributed by atoms with E-state index in [0.29, 0.717) is 12.3 Å². The third kappa shape index (κ3) is 5.76. The number of unbranched alkanes of at least 4 members (excludes halogenated alkanes) is 2. The van der Waals surface area contributed by atoms with Crippen molar-refractivity contribution in [2.75, 3.05) is 18.9 Å². The van der Waals surface area contributed by atoms with Gasteiger partial charge in [-0.1, -0.05) is 18.6 Å². The highest BCUT2D eigenvalue weighted by atomic mass is 32.2. The molecule has 0 fully saturated rings. The van der Waals surface area contributed by atoms with Crippen molar-refractivity contribution in [2.24, 2.45) is 5.73 Å². The Bertz CT molecular complexity index is 369. The number of aryl methyl sites for hydroxylation is 1. The zero-order valence-corrected chi connectivity index (χ0v) is 11.6. The lowest BCUT2D eigenvalue weighted by atomic mass is 10.1. The fourth-order valence-electron chi connectivity index (χ4n) is 1.79. The maximum absolute atomic E-state index is 12.1. The molecule has 1 atom stereocenters. The quantitative estimate of drug-likeness (QED) is 0.672. The summed E-state index contributed by atoms with van der Waals surface area (Å²) in [5.41, 5.74) is 6.70. The third-order valence-electron chi connectivity index (χ3n) is 2.82. The molecule has 0 heterocycles. The second-order valence-corrected chi connectivity index (χ2v) is 5.94. The second-order valence-electron chi connectivity index (χ2n) is 4.37. The first-order chi connectivity index (χ1) is 8.77. The summed E-state index contributed by atoms with van der Waals surface area (Å²) in [4.78, 5) is 0.911. The van der Waals surface area contributed by atoms with Gasteiger partial charge in [0.2, 0.25) is 0 Å². The van der Waals surface area contributed by atoms with E-state index in [0.717, 1.165) is 37.0 Å². The van der Waals surface area contributed by atoms with Crippen molar-refractivity contribution >= 4 is 10.8 Å². The van der Waals surface area contributed by atoms with Crippen molar-refractivity contribution < 1.29 is 9.32 Å². The number of benzene rings is 1. The van der Waals surface area contributed by atoms with E-state index >= 15 is 0 Å². The molecule has 102 valence electrons. The maximum Gasteiger partial charge on any atom is 0.0529 e. The van der Waals surface area contributed by atoms with E-state index in [1.807, 2.05) is 18.2 Å². The molecule has 4 heteroatoms. The van der Waals surface area contributed by atoms with Gasteiger partial charge in [-0.05, 0) is 49.9 Å². The van der Waals surface area contributed by atoms with Gasteiger partial charge in [-0.2, -0.15) is 0 Å². The SMILES string of the molecule is NCCCc1cccc(S(=O)CCCCCO)c1. The summed E-state index contributed by atoms with van der Waals surface area (Å²) in [6.45, 7) is 0.912. The van der Waals surface area contributed by atoms with Crippen LogP contribution in [0, 0.1) is 0 Å². The summed E-state index contributed by atoms with van der Waals surface area (Å²) >= 11 is 0. The lowest BCUT2D eigenvalue weighted by molar-refractivity contribution is 0.284. The molecule has 0 aromatic heterocycles. The summed E-state index contributed by atoms with van der Waals surface area (Å²) in [5, 5.41) is 8.68. The molecule has 3 nitrogen and oxygen atoms in total. The Morgan fingerprint density at radius 2 is 2.00 bits per heavy atom. The van der Waals surface area contributed by atoms with Crippen LogP contribution in [-0.4, -0.2) is 28.2 Å². The molecule has 0 spiro atoms. The average Bonchev–Trinajstić information content (AvgIpc) is 2.41. The molecular formula is C14H23NO2S. The Labute approximate surface area is 112 Å². The number of hydrogen-bond acceptors (Lipinski definition) is 3. The van der Waals surface area contributed by atoms with Gasteiger partial charge in [0.1, 0.15) is 0 Å². The number of nitrogens with two attached hydrogens (primary N) is 1. The van der Waals surface area contributed by atoms with Gasteiger partial charge >= 0.3 is 0 Å². The van der Waals surface area contributed by atoms with E-state index < -0.39 is 10.8 Å². The predicted molar refractivity (Wildman–Crippen MR) is 76.0 cm³/mol. The Morgan fingerprint density at radius 1 is 1.17 bits per heavy atom. The van der Waals surface area contributed by atoms with Crippen LogP contribution in [0.4, 0.5) is 0 Å². The van der Waals surface area contributed by atoms with Crippen molar-refractivity contribution in [1.29, 1.82) is 0 Å². The molecule has 3 N–H and O–H groups in total. The first-order valence-electron chi connectivity index (χ1n) is 6.56. The number of aliphatic hydroxyl groups is 1. The molecule has 0 saturated heterocycles. The zero-order chi connectivity index (χ0) is 13.2. The molecule has 0 bridgehead atoms. The van der Waals surface area contributed by atoms with Crippen LogP contribution < -0.4 is 5.73 Å². The van der Waals surface area contributed by atoms with Crippen molar-refractivity contribution in [3.8, 4) is 0 Å². The Hall–Kier alpha value is -0.710. The van der Waals surface area contributed by atoms with Crippen LogP contribution in [0.3, 0.4) is 0 Å². The van der Waals surface area contributed by atoms with E-state index in [-0.39, 0.29) is 6.61 Å². The van der Waals surface area contributed by atoms with E-state index in [9.17, 15) is 4.21 Å². The van der Waals surface area contributed by atoms with Gasteiger partial charge in [-0.3, -0.25) is 4.21 Å². The van der Waals surface area contributed by atoms with Crippen LogP contribution in [0.1, 0.15) is 31.2 Å². The molecule has 0 aliphatic carbocycles. The molecule has 0 amide bonds. The van der Waals surface area contributed by atoms with Gasteiger partial charge < -0.3 is 10.8 Å². The molecule has 0 radical (unpaired) electrons. The summed E-state index contributed by atoms with van der Waals surface area (Å²) in [6, 6.07) is 7.97. The standard InChI is InChI=1S/C14H23NO2S/c15-9-5-7-13-6-4-8-14(12-13)18(17)11-3-1-2-10-16/h4,6,8,12,16H,1-3,5,7,9-11,15H2. The lowest BCUT2D eigenvalue weighted by Gasteiger charge is -2.05. The molecule has 1 rings (SSSR count). The molecule has 1 aromatic rings. The lowest BCUT2D eigenvalue weighted by Crippen LogP contribution is -2.02. The van der Waals surface area contributed by atoms with Crippen LogP contribution in [0.2, 0.25) is 0 Å². The molecular weight excluding hydrogens is 246 g/mol. The van der Waals surface area contributed by atoms with Crippen molar-refractivity contribution in [2.45, 2.75) is 37.0 Å². The molecule has 0 aliphatic heterocycles. The van der Waals surface area contributed by atoms with E-state index in [1.54, 1.807) is 0 Å². The minimum Gasteiger partial charge on any atom is -0.396 e. The van der Waals surface area contributed by atoms with Crippen LogP contribution in [0.5, 0.6) is 0 Å². The van der Waals surface area contributed by atoms with Crippen LogP contribution in [0.25, 0.3) is 0 Å². The molecule has 1 aromatic carbocycles. The topological polar surface area (TPSA) is 63.3 Å². The highest BCUT2D eigenvalue weighted by Gasteiger charge is 2.04. The molecule has 1 unspecified atom stereocenters.